The lowest BCUT2D eigenvalue weighted by Gasteiger charge is -2.25. The Morgan fingerprint density at radius 1 is 1.41 bits per heavy atom. The second kappa shape index (κ2) is 5.32. The third kappa shape index (κ3) is 3.39. The van der Waals surface area contributed by atoms with E-state index in [4.69, 9.17) is 5.73 Å². The maximum absolute atomic E-state index is 5.67. The molecule has 3 N–H and O–H groups in total. The fraction of sp³-hybridized carbons (Fsp3) is 0.571. The van der Waals surface area contributed by atoms with E-state index in [0.717, 1.165) is 25.9 Å². The quantitative estimate of drug-likeness (QED) is 0.862. The van der Waals surface area contributed by atoms with Gasteiger partial charge in [0, 0.05) is 22.9 Å². The summed E-state index contributed by atoms with van der Waals surface area (Å²) in [5.41, 5.74) is 8.69. The summed E-state index contributed by atoms with van der Waals surface area (Å²) in [6.07, 6.45) is 2.19. The summed E-state index contributed by atoms with van der Waals surface area (Å²) >= 11 is 1.96. The largest absolute Gasteiger partial charge is 0.383 e. The minimum Gasteiger partial charge on any atom is -0.383 e. The highest BCUT2D eigenvalue weighted by Gasteiger charge is 2.18. The van der Waals surface area contributed by atoms with Crippen molar-refractivity contribution in [1.82, 2.24) is 0 Å². The Morgan fingerprint density at radius 2 is 2.24 bits per heavy atom. The molecular weight excluding hydrogens is 228 g/mol. The van der Waals surface area contributed by atoms with E-state index < -0.39 is 0 Å². The zero-order valence-electron chi connectivity index (χ0n) is 10.8. The molecule has 1 aliphatic rings. The monoisotopic (exact) mass is 250 g/mol. The molecule has 2 rings (SSSR count). The SMILES string of the molecule is CC(C)(CCN)Cc1ccc2c(c1)SCCN2. The summed E-state index contributed by atoms with van der Waals surface area (Å²) in [7, 11) is 0. The van der Waals surface area contributed by atoms with Crippen LogP contribution >= 0.6 is 11.8 Å². The fourth-order valence-electron chi connectivity index (χ4n) is 2.32. The minimum atomic E-state index is 0.301. The summed E-state index contributed by atoms with van der Waals surface area (Å²) in [6, 6.07) is 6.80. The summed E-state index contributed by atoms with van der Waals surface area (Å²) in [6.45, 7) is 6.44. The van der Waals surface area contributed by atoms with Crippen molar-refractivity contribution in [1.29, 1.82) is 0 Å². The Labute approximate surface area is 108 Å². The molecule has 0 aliphatic carbocycles. The van der Waals surface area contributed by atoms with Crippen LogP contribution in [0.5, 0.6) is 0 Å². The van der Waals surface area contributed by atoms with Crippen molar-refractivity contribution in [2.75, 3.05) is 24.2 Å². The zero-order chi connectivity index (χ0) is 12.3. The number of hydrogen-bond acceptors (Lipinski definition) is 3. The molecule has 0 bridgehead atoms. The van der Waals surface area contributed by atoms with Crippen LogP contribution in [0.2, 0.25) is 0 Å². The van der Waals surface area contributed by atoms with Crippen LogP contribution in [0.1, 0.15) is 25.8 Å². The van der Waals surface area contributed by atoms with E-state index >= 15 is 0 Å². The summed E-state index contributed by atoms with van der Waals surface area (Å²) in [5.74, 6) is 1.17. The Hall–Kier alpha value is -0.670. The van der Waals surface area contributed by atoms with E-state index in [1.165, 1.54) is 21.9 Å². The van der Waals surface area contributed by atoms with Crippen molar-refractivity contribution < 1.29 is 0 Å². The number of nitrogens with two attached hydrogens (primary N) is 1. The van der Waals surface area contributed by atoms with E-state index in [-0.39, 0.29) is 0 Å². The summed E-state index contributed by atoms with van der Waals surface area (Å²) in [4.78, 5) is 1.40. The molecule has 17 heavy (non-hydrogen) atoms. The normalized spacial score (nSPS) is 15.2. The number of rotatable bonds is 4. The predicted octanol–water partition coefficient (Wildman–Crippen LogP) is 3.12. The van der Waals surface area contributed by atoms with Crippen molar-refractivity contribution in [3.63, 3.8) is 0 Å². The molecule has 0 radical (unpaired) electrons. The van der Waals surface area contributed by atoms with Crippen LogP contribution in [0.4, 0.5) is 5.69 Å². The average Bonchev–Trinajstić information content (AvgIpc) is 2.28. The smallest absolute Gasteiger partial charge is 0.0478 e. The first-order chi connectivity index (χ1) is 8.11. The predicted molar refractivity (Wildman–Crippen MR) is 76.8 cm³/mol. The molecule has 0 spiro atoms. The van der Waals surface area contributed by atoms with E-state index in [2.05, 4.69) is 37.4 Å². The average molecular weight is 250 g/mol. The molecule has 0 unspecified atom stereocenters. The highest BCUT2D eigenvalue weighted by Crippen LogP contribution is 2.34. The van der Waals surface area contributed by atoms with Gasteiger partial charge in [0.25, 0.3) is 0 Å². The molecule has 94 valence electrons. The number of thioether (sulfide) groups is 1. The highest BCUT2D eigenvalue weighted by molar-refractivity contribution is 7.99. The molecule has 1 aliphatic heterocycles. The van der Waals surface area contributed by atoms with E-state index in [0.29, 0.717) is 5.41 Å². The van der Waals surface area contributed by atoms with E-state index in [9.17, 15) is 0 Å². The maximum atomic E-state index is 5.67. The highest BCUT2D eigenvalue weighted by atomic mass is 32.2. The van der Waals surface area contributed by atoms with Gasteiger partial charge in [-0.3, -0.25) is 0 Å². The third-order valence-corrected chi connectivity index (χ3v) is 4.28. The molecule has 0 saturated heterocycles. The topological polar surface area (TPSA) is 38.0 Å². The molecule has 1 aromatic rings. The maximum Gasteiger partial charge on any atom is 0.0478 e. The van der Waals surface area contributed by atoms with Crippen molar-refractivity contribution in [3.05, 3.63) is 23.8 Å². The number of benzene rings is 1. The molecule has 3 heteroatoms. The number of nitrogens with one attached hydrogen (secondary N) is 1. The van der Waals surface area contributed by atoms with Crippen LogP contribution in [-0.4, -0.2) is 18.8 Å². The zero-order valence-corrected chi connectivity index (χ0v) is 11.6. The summed E-state index contributed by atoms with van der Waals surface area (Å²) < 4.78 is 0. The Balaban J connectivity index is 2.11. The van der Waals surface area contributed by atoms with Gasteiger partial charge in [-0.25, -0.2) is 0 Å². The molecule has 0 amide bonds. The van der Waals surface area contributed by atoms with Gasteiger partial charge in [0.15, 0.2) is 0 Å². The first-order valence-corrected chi connectivity index (χ1v) is 7.29. The van der Waals surface area contributed by atoms with Crippen LogP contribution in [0, 0.1) is 5.41 Å². The fourth-order valence-corrected chi connectivity index (χ4v) is 3.28. The molecule has 1 aromatic carbocycles. The second-order valence-electron chi connectivity index (χ2n) is 5.49. The van der Waals surface area contributed by atoms with E-state index in [1.807, 2.05) is 11.8 Å². The van der Waals surface area contributed by atoms with Gasteiger partial charge in [-0.15, -0.1) is 11.8 Å². The molecular formula is C14H22N2S. The van der Waals surface area contributed by atoms with Crippen molar-refractivity contribution >= 4 is 17.4 Å². The van der Waals surface area contributed by atoms with Gasteiger partial charge in [-0.1, -0.05) is 19.9 Å². The van der Waals surface area contributed by atoms with Crippen LogP contribution in [-0.2, 0) is 6.42 Å². The van der Waals surface area contributed by atoms with Crippen LogP contribution in [0.3, 0.4) is 0 Å². The number of hydrogen-bond donors (Lipinski definition) is 2. The standard InChI is InChI=1S/C14H22N2S/c1-14(2,5-6-15)10-11-3-4-12-13(9-11)17-8-7-16-12/h3-4,9,16H,5-8,10,15H2,1-2H3. The second-order valence-corrected chi connectivity index (χ2v) is 6.62. The van der Waals surface area contributed by atoms with Gasteiger partial charge in [0.1, 0.15) is 0 Å². The van der Waals surface area contributed by atoms with Gasteiger partial charge < -0.3 is 11.1 Å². The van der Waals surface area contributed by atoms with Crippen molar-refractivity contribution in [2.45, 2.75) is 31.6 Å². The van der Waals surface area contributed by atoms with Gasteiger partial charge >= 0.3 is 0 Å². The molecule has 1 heterocycles. The summed E-state index contributed by atoms with van der Waals surface area (Å²) in [5, 5.41) is 3.44. The Bertz CT molecular complexity index is 388. The van der Waals surface area contributed by atoms with Gasteiger partial charge in [-0.05, 0) is 42.5 Å². The molecule has 0 fully saturated rings. The Kier molecular flexibility index (Phi) is 4.00. The molecule has 0 aromatic heterocycles. The lowest BCUT2D eigenvalue weighted by atomic mass is 9.83. The first kappa shape index (κ1) is 12.8. The first-order valence-electron chi connectivity index (χ1n) is 6.30. The molecule has 2 nitrogen and oxygen atoms in total. The number of anilines is 1. The van der Waals surface area contributed by atoms with Crippen molar-refractivity contribution in [3.8, 4) is 0 Å². The van der Waals surface area contributed by atoms with E-state index in [1.54, 1.807) is 0 Å². The van der Waals surface area contributed by atoms with Crippen LogP contribution in [0.15, 0.2) is 23.1 Å². The van der Waals surface area contributed by atoms with Crippen LogP contribution in [0.25, 0.3) is 0 Å². The lowest BCUT2D eigenvalue weighted by molar-refractivity contribution is 0.338. The van der Waals surface area contributed by atoms with Gasteiger partial charge in [-0.2, -0.15) is 0 Å². The third-order valence-electron chi connectivity index (χ3n) is 3.22. The molecule has 0 atom stereocenters. The van der Waals surface area contributed by atoms with Gasteiger partial charge in [0.2, 0.25) is 0 Å². The van der Waals surface area contributed by atoms with Crippen molar-refractivity contribution in [2.24, 2.45) is 11.1 Å². The number of fused-ring (bicyclic) bond motifs is 1. The van der Waals surface area contributed by atoms with Gasteiger partial charge in [0.05, 0.1) is 0 Å². The molecule has 0 saturated carbocycles. The lowest BCUT2D eigenvalue weighted by Crippen LogP contribution is -2.20. The van der Waals surface area contributed by atoms with Crippen LogP contribution < -0.4 is 11.1 Å². The minimum absolute atomic E-state index is 0.301. The Morgan fingerprint density at radius 3 is 3.00 bits per heavy atom.